The molecule has 0 heterocycles. The first-order chi connectivity index (χ1) is 5.54. The molecule has 0 unspecified atom stereocenters. The number of benzene rings is 1. The van der Waals surface area contributed by atoms with Crippen LogP contribution in [0.4, 0.5) is 10.1 Å². The predicted molar refractivity (Wildman–Crippen MR) is 50.5 cm³/mol. The van der Waals surface area contributed by atoms with E-state index in [1.807, 2.05) is 0 Å². The zero-order chi connectivity index (χ0) is 9.30. The Kier molecular flexibility index (Phi) is 2.61. The highest BCUT2D eigenvalue weighted by atomic mass is 127. The summed E-state index contributed by atoms with van der Waals surface area (Å²) in [7, 11) is 0. The maximum Gasteiger partial charge on any atom is 0.283 e. The van der Waals surface area contributed by atoms with Crippen molar-refractivity contribution < 1.29 is 9.31 Å². The second kappa shape index (κ2) is 3.34. The summed E-state index contributed by atoms with van der Waals surface area (Å²) < 4.78 is 13.2. The molecule has 64 valence electrons. The molecule has 0 N–H and O–H groups in total. The molecule has 1 aromatic carbocycles. The molecule has 0 saturated heterocycles. The molecular formula is C7H5FINO2. The second-order valence-corrected chi connectivity index (χ2v) is 3.34. The van der Waals surface area contributed by atoms with E-state index in [2.05, 4.69) is 0 Å². The predicted octanol–water partition coefficient (Wildman–Crippen LogP) is 2.65. The van der Waals surface area contributed by atoms with Crippen molar-refractivity contribution in [2.24, 2.45) is 0 Å². The fraction of sp³-hybridized carbons (Fsp3) is 0.143. The van der Waals surface area contributed by atoms with E-state index in [0.29, 0.717) is 9.13 Å². The van der Waals surface area contributed by atoms with Gasteiger partial charge in [-0.05, 0) is 35.6 Å². The maximum atomic E-state index is 12.8. The largest absolute Gasteiger partial charge is 0.283 e. The molecule has 0 amide bonds. The van der Waals surface area contributed by atoms with Gasteiger partial charge in [0.1, 0.15) is 5.82 Å². The van der Waals surface area contributed by atoms with Crippen molar-refractivity contribution in [2.75, 3.05) is 0 Å². The van der Waals surface area contributed by atoms with Crippen molar-refractivity contribution in [3.05, 3.63) is 37.2 Å². The van der Waals surface area contributed by atoms with Gasteiger partial charge in [-0.15, -0.1) is 0 Å². The summed E-state index contributed by atoms with van der Waals surface area (Å²) in [5.74, 6) is -0.412. The number of hydrogen-bond donors (Lipinski definition) is 0. The first-order valence-corrected chi connectivity index (χ1v) is 4.21. The van der Waals surface area contributed by atoms with Gasteiger partial charge in [-0.2, -0.15) is 0 Å². The van der Waals surface area contributed by atoms with E-state index in [1.165, 1.54) is 13.0 Å². The van der Waals surface area contributed by atoms with E-state index in [9.17, 15) is 14.5 Å². The molecule has 3 nitrogen and oxygen atoms in total. The molecule has 0 radical (unpaired) electrons. The molecule has 0 spiro atoms. The molecule has 0 atom stereocenters. The minimum Gasteiger partial charge on any atom is -0.258 e. The Bertz CT molecular complexity index is 340. The Balaban J connectivity index is 3.36. The minimum atomic E-state index is -0.520. The average Bonchev–Trinajstić information content (AvgIpc) is 2.00. The quantitative estimate of drug-likeness (QED) is 0.451. The molecule has 0 aliphatic carbocycles. The number of halogens is 2. The van der Waals surface area contributed by atoms with E-state index in [1.54, 1.807) is 22.6 Å². The van der Waals surface area contributed by atoms with Crippen LogP contribution in [0.3, 0.4) is 0 Å². The second-order valence-electron chi connectivity index (χ2n) is 2.26. The maximum absolute atomic E-state index is 12.8. The summed E-state index contributed by atoms with van der Waals surface area (Å²) >= 11 is 1.76. The van der Waals surface area contributed by atoms with Crippen molar-refractivity contribution in [3.8, 4) is 0 Å². The molecule has 0 aliphatic heterocycles. The van der Waals surface area contributed by atoms with Crippen LogP contribution in [0.1, 0.15) is 5.56 Å². The fourth-order valence-electron chi connectivity index (χ4n) is 0.788. The van der Waals surface area contributed by atoms with Gasteiger partial charge in [-0.25, -0.2) is 4.39 Å². The SMILES string of the molecule is Cc1c(F)ccc([N+](=O)[O-])c1I. The van der Waals surface area contributed by atoms with Gasteiger partial charge in [0, 0.05) is 11.6 Å². The average molecular weight is 281 g/mol. The van der Waals surface area contributed by atoms with Gasteiger partial charge in [-0.1, -0.05) is 0 Å². The lowest BCUT2D eigenvalue weighted by molar-refractivity contribution is -0.385. The smallest absolute Gasteiger partial charge is 0.258 e. The van der Waals surface area contributed by atoms with Crippen molar-refractivity contribution in [2.45, 2.75) is 6.92 Å². The molecule has 0 aliphatic rings. The topological polar surface area (TPSA) is 43.1 Å². The van der Waals surface area contributed by atoms with Gasteiger partial charge in [0.05, 0.1) is 8.49 Å². The molecule has 12 heavy (non-hydrogen) atoms. The third-order valence-electron chi connectivity index (χ3n) is 1.50. The summed E-state index contributed by atoms with van der Waals surface area (Å²) in [6, 6.07) is 2.28. The number of nitro groups is 1. The molecule has 1 aromatic rings. The van der Waals surface area contributed by atoms with Crippen molar-refractivity contribution >= 4 is 28.3 Å². The lowest BCUT2D eigenvalue weighted by Crippen LogP contribution is -1.95. The normalized spacial score (nSPS) is 9.92. The van der Waals surface area contributed by atoms with E-state index in [-0.39, 0.29) is 5.69 Å². The third-order valence-corrected chi connectivity index (χ3v) is 2.86. The number of hydrogen-bond acceptors (Lipinski definition) is 2. The Morgan fingerprint density at radius 2 is 2.17 bits per heavy atom. The lowest BCUT2D eigenvalue weighted by atomic mass is 10.2. The summed E-state index contributed by atoms with van der Waals surface area (Å²) in [4.78, 5) is 9.84. The monoisotopic (exact) mass is 281 g/mol. The van der Waals surface area contributed by atoms with E-state index in [4.69, 9.17) is 0 Å². The van der Waals surface area contributed by atoms with Crippen LogP contribution >= 0.6 is 22.6 Å². The summed E-state index contributed by atoms with van der Waals surface area (Å²) in [6.45, 7) is 1.52. The van der Waals surface area contributed by atoms with Crippen LogP contribution in [0.15, 0.2) is 12.1 Å². The van der Waals surface area contributed by atoms with Gasteiger partial charge in [0.2, 0.25) is 0 Å². The van der Waals surface area contributed by atoms with Crippen LogP contribution in [0.25, 0.3) is 0 Å². The zero-order valence-electron chi connectivity index (χ0n) is 6.17. The van der Waals surface area contributed by atoms with Crippen molar-refractivity contribution in [1.82, 2.24) is 0 Å². The third kappa shape index (κ3) is 1.55. The zero-order valence-corrected chi connectivity index (χ0v) is 8.33. The van der Waals surface area contributed by atoms with Crippen molar-refractivity contribution in [1.29, 1.82) is 0 Å². The van der Waals surface area contributed by atoms with E-state index < -0.39 is 10.7 Å². The van der Waals surface area contributed by atoms with Crippen LogP contribution in [-0.2, 0) is 0 Å². The van der Waals surface area contributed by atoms with Crippen LogP contribution in [0, 0.1) is 26.4 Å². The van der Waals surface area contributed by atoms with E-state index in [0.717, 1.165) is 6.07 Å². The molecule has 1 rings (SSSR count). The highest BCUT2D eigenvalue weighted by Crippen LogP contribution is 2.25. The molecule has 0 saturated carbocycles. The summed E-state index contributed by atoms with van der Waals surface area (Å²) in [6.07, 6.45) is 0. The van der Waals surface area contributed by atoms with Gasteiger partial charge >= 0.3 is 0 Å². The number of nitrogens with zero attached hydrogens (tertiary/aromatic N) is 1. The molecule has 0 fully saturated rings. The van der Waals surface area contributed by atoms with Crippen molar-refractivity contribution in [3.63, 3.8) is 0 Å². The van der Waals surface area contributed by atoms with Gasteiger partial charge in [0.25, 0.3) is 5.69 Å². The van der Waals surface area contributed by atoms with Crippen LogP contribution in [0.2, 0.25) is 0 Å². The van der Waals surface area contributed by atoms with Gasteiger partial charge in [-0.3, -0.25) is 10.1 Å². The number of rotatable bonds is 1. The highest BCUT2D eigenvalue weighted by Gasteiger charge is 2.15. The fourth-order valence-corrected chi connectivity index (χ4v) is 1.42. The Morgan fingerprint density at radius 3 is 2.67 bits per heavy atom. The van der Waals surface area contributed by atoms with Crippen LogP contribution < -0.4 is 0 Å². The standard InChI is InChI=1S/C7H5FINO2/c1-4-5(8)2-3-6(7(4)9)10(11)12/h2-3H,1H3. The van der Waals surface area contributed by atoms with Crippen LogP contribution in [-0.4, -0.2) is 4.92 Å². The molecular weight excluding hydrogens is 276 g/mol. The number of nitro benzene ring substituents is 1. The first-order valence-electron chi connectivity index (χ1n) is 3.13. The minimum absolute atomic E-state index is 0.0468. The van der Waals surface area contributed by atoms with E-state index >= 15 is 0 Å². The molecule has 0 aromatic heterocycles. The summed E-state index contributed by atoms with van der Waals surface area (Å²) in [5.41, 5.74) is 0.277. The van der Waals surface area contributed by atoms with Gasteiger partial charge in [0.15, 0.2) is 0 Å². The Morgan fingerprint density at radius 1 is 1.58 bits per heavy atom. The molecule has 5 heteroatoms. The van der Waals surface area contributed by atoms with Gasteiger partial charge < -0.3 is 0 Å². The molecule has 0 bridgehead atoms. The van der Waals surface area contributed by atoms with Crippen LogP contribution in [0.5, 0.6) is 0 Å². The Labute approximate surface area is 81.9 Å². The highest BCUT2D eigenvalue weighted by molar-refractivity contribution is 14.1. The first kappa shape index (κ1) is 9.37. The summed E-state index contributed by atoms with van der Waals surface area (Å²) in [5, 5.41) is 10.4. The lowest BCUT2D eigenvalue weighted by Gasteiger charge is -1.99. The Hall–Kier alpha value is -0.720.